The van der Waals surface area contributed by atoms with Crippen molar-refractivity contribution in [1.82, 2.24) is 5.32 Å². The Hall–Kier alpha value is -3.09. The fraction of sp³-hybridized carbons (Fsp3) is 0.409. The summed E-state index contributed by atoms with van der Waals surface area (Å²) in [4.78, 5) is 38.5. The van der Waals surface area contributed by atoms with Crippen LogP contribution < -0.4 is 5.32 Å². The zero-order chi connectivity index (χ0) is 21.3. The van der Waals surface area contributed by atoms with Gasteiger partial charge in [-0.3, -0.25) is 9.59 Å². The summed E-state index contributed by atoms with van der Waals surface area (Å²) in [6.45, 7) is 5.48. The van der Waals surface area contributed by atoms with Crippen LogP contribution in [0.3, 0.4) is 0 Å². The highest BCUT2D eigenvalue weighted by Gasteiger charge is 2.47. The lowest BCUT2D eigenvalue weighted by Crippen LogP contribution is -2.43. The third-order valence-electron chi connectivity index (χ3n) is 5.44. The number of hydrogen-bond acceptors (Lipinski definition) is 7. The van der Waals surface area contributed by atoms with Crippen molar-refractivity contribution in [3.05, 3.63) is 52.4 Å². The van der Waals surface area contributed by atoms with Crippen LogP contribution in [0, 0.1) is 11.8 Å². The highest BCUT2D eigenvalue weighted by Crippen LogP contribution is 2.45. The minimum absolute atomic E-state index is 0.0187. The predicted molar refractivity (Wildman–Crippen MR) is 105 cm³/mol. The van der Waals surface area contributed by atoms with E-state index in [4.69, 9.17) is 9.47 Å². The summed E-state index contributed by atoms with van der Waals surface area (Å²) in [6.07, 6.45) is 0.462. The zero-order valence-electron chi connectivity index (χ0n) is 16.9. The molecule has 0 radical (unpaired) electrons. The molecular formula is C22H25NO6. The number of methoxy groups -OCH3 is 1. The predicted octanol–water partition coefficient (Wildman–Crippen LogP) is 2.57. The molecule has 1 aliphatic heterocycles. The minimum Gasteiger partial charge on any atom is -0.508 e. The van der Waals surface area contributed by atoms with E-state index < -0.39 is 23.8 Å². The largest absolute Gasteiger partial charge is 0.508 e. The lowest BCUT2D eigenvalue weighted by atomic mass is 9.69. The summed E-state index contributed by atoms with van der Waals surface area (Å²) in [5.41, 5.74) is 2.49. The fourth-order valence-corrected chi connectivity index (χ4v) is 4.20. The Labute approximate surface area is 169 Å². The number of carbonyl (C=O) groups is 3. The quantitative estimate of drug-likeness (QED) is 0.593. The van der Waals surface area contributed by atoms with Crippen LogP contribution in [-0.4, -0.2) is 36.5 Å². The van der Waals surface area contributed by atoms with Crippen LogP contribution in [0.1, 0.15) is 38.7 Å². The minimum atomic E-state index is -0.942. The number of aromatic hydroxyl groups is 1. The maximum absolute atomic E-state index is 13.4. The van der Waals surface area contributed by atoms with Gasteiger partial charge in [-0.25, -0.2) is 4.79 Å². The summed E-state index contributed by atoms with van der Waals surface area (Å²) >= 11 is 0. The van der Waals surface area contributed by atoms with Gasteiger partial charge in [0.2, 0.25) is 0 Å². The molecule has 3 rings (SSSR count). The molecule has 1 aliphatic carbocycles. The Morgan fingerprint density at radius 3 is 2.66 bits per heavy atom. The number of Topliss-reactive ketones (excluding diaryl/α,β-unsaturated/α-hetero) is 1. The maximum atomic E-state index is 13.4. The van der Waals surface area contributed by atoms with Gasteiger partial charge < -0.3 is 19.9 Å². The highest BCUT2D eigenvalue weighted by atomic mass is 16.5. The van der Waals surface area contributed by atoms with E-state index in [1.165, 1.54) is 19.2 Å². The van der Waals surface area contributed by atoms with Gasteiger partial charge in [0.25, 0.3) is 0 Å². The van der Waals surface area contributed by atoms with Gasteiger partial charge in [-0.2, -0.15) is 0 Å². The first-order valence-electron chi connectivity index (χ1n) is 9.59. The lowest BCUT2D eigenvalue weighted by Gasteiger charge is -2.38. The lowest BCUT2D eigenvalue weighted by molar-refractivity contribution is -0.151. The maximum Gasteiger partial charge on any atom is 0.336 e. The van der Waals surface area contributed by atoms with Crippen molar-refractivity contribution < 1.29 is 29.0 Å². The molecule has 0 aromatic heterocycles. The second-order valence-corrected chi connectivity index (χ2v) is 7.35. The molecule has 0 saturated heterocycles. The van der Waals surface area contributed by atoms with E-state index >= 15 is 0 Å². The van der Waals surface area contributed by atoms with E-state index in [-0.39, 0.29) is 24.1 Å². The van der Waals surface area contributed by atoms with Gasteiger partial charge >= 0.3 is 11.9 Å². The second kappa shape index (κ2) is 8.11. The van der Waals surface area contributed by atoms with Gasteiger partial charge in [-0.1, -0.05) is 19.1 Å². The van der Waals surface area contributed by atoms with Crippen LogP contribution in [0.2, 0.25) is 0 Å². The van der Waals surface area contributed by atoms with Gasteiger partial charge in [0, 0.05) is 22.9 Å². The molecule has 154 valence electrons. The molecule has 7 nitrogen and oxygen atoms in total. The number of ether oxygens (including phenoxy) is 2. The number of dihydropyridines is 1. The molecule has 2 aliphatic rings. The average Bonchev–Trinajstić information content (AvgIpc) is 2.66. The smallest absolute Gasteiger partial charge is 0.336 e. The number of phenols is 1. The first-order valence-corrected chi connectivity index (χ1v) is 9.59. The van der Waals surface area contributed by atoms with Crippen LogP contribution in [0.5, 0.6) is 5.75 Å². The number of ketones is 1. The first kappa shape index (κ1) is 20.6. The third kappa shape index (κ3) is 3.64. The molecule has 0 unspecified atom stereocenters. The number of benzene rings is 1. The molecule has 1 heterocycles. The first-order chi connectivity index (χ1) is 13.8. The third-order valence-corrected chi connectivity index (χ3v) is 5.44. The zero-order valence-corrected chi connectivity index (χ0v) is 16.9. The summed E-state index contributed by atoms with van der Waals surface area (Å²) in [7, 11) is 1.26. The molecular weight excluding hydrogens is 374 g/mol. The monoisotopic (exact) mass is 399 g/mol. The molecule has 0 saturated carbocycles. The van der Waals surface area contributed by atoms with E-state index in [1.54, 1.807) is 26.0 Å². The van der Waals surface area contributed by atoms with Crippen LogP contribution in [0.15, 0.2) is 46.8 Å². The standard InChI is InChI=1S/C22H25NO6/c1-5-29-22(27)17-12(3)23-15-9-11(2)16(21(26)28-4)20(25)19(15)18(17)13-7-6-8-14(24)10-13/h6-8,10-11,16,18,23-24H,5,9H2,1-4H3/t11-,16-,18+/m0/s1. The Morgan fingerprint density at radius 2 is 2.03 bits per heavy atom. The van der Waals surface area contributed by atoms with Crippen molar-refractivity contribution in [2.45, 2.75) is 33.1 Å². The Balaban J connectivity index is 2.19. The Bertz CT molecular complexity index is 929. The number of allylic oxidation sites excluding steroid dienone is 3. The van der Waals surface area contributed by atoms with Crippen molar-refractivity contribution in [1.29, 1.82) is 0 Å². The molecule has 1 aromatic rings. The summed E-state index contributed by atoms with van der Waals surface area (Å²) in [5.74, 6) is -3.42. The number of carbonyl (C=O) groups excluding carboxylic acids is 3. The summed E-state index contributed by atoms with van der Waals surface area (Å²) < 4.78 is 10.1. The van der Waals surface area contributed by atoms with E-state index in [0.29, 0.717) is 34.5 Å². The van der Waals surface area contributed by atoms with Crippen molar-refractivity contribution in [2.75, 3.05) is 13.7 Å². The van der Waals surface area contributed by atoms with Crippen LogP contribution in [0.4, 0.5) is 0 Å². The van der Waals surface area contributed by atoms with Gasteiger partial charge in [-0.05, 0) is 43.9 Å². The summed E-state index contributed by atoms with van der Waals surface area (Å²) in [5, 5.41) is 13.2. The van der Waals surface area contributed by atoms with Crippen LogP contribution in [-0.2, 0) is 23.9 Å². The van der Waals surface area contributed by atoms with Crippen molar-refractivity contribution in [2.24, 2.45) is 11.8 Å². The van der Waals surface area contributed by atoms with E-state index in [0.717, 1.165) is 0 Å². The van der Waals surface area contributed by atoms with E-state index in [1.807, 2.05) is 6.92 Å². The fourth-order valence-electron chi connectivity index (χ4n) is 4.20. The van der Waals surface area contributed by atoms with E-state index in [2.05, 4.69) is 5.32 Å². The molecule has 1 aromatic carbocycles. The molecule has 2 N–H and O–H groups in total. The van der Waals surface area contributed by atoms with Crippen molar-refractivity contribution >= 4 is 17.7 Å². The topological polar surface area (TPSA) is 102 Å². The number of rotatable bonds is 4. The SMILES string of the molecule is CCOC(=O)C1=C(C)NC2=C(C(=O)[C@@H](C(=O)OC)[C@@H](C)C2)[C@@H]1c1cccc(O)c1. The van der Waals surface area contributed by atoms with E-state index in [9.17, 15) is 19.5 Å². The van der Waals surface area contributed by atoms with Crippen LogP contribution in [0.25, 0.3) is 0 Å². The van der Waals surface area contributed by atoms with Crippen molar-refractivity contribution in [3.8, 4) is 5.75 Å². The van der Waals surface area contributed by atoms with Gasteiger partial charge in [0.05, 0.1) is 19.3 Å². The Kier molecular flexibility index (Phi) is 5.77. The normalized spacial score (nSPS) is 24.0. The number of esters is 2. The summed E-state index contributed by atoms with van der Waals surface area (Å²) in [6, 6.07) is 6.43. The molecule has 29 heavy (non-hydrogen) atoms. The molecule has 0 bridgehead atoms. The van der Waals surface area contributed by atoms with Crippen molar-refractivity contribution in [3.63, 3.8) is 0 Å². The van der Waals surface area contributed by atoms with Gasteiger partial charge in [-0.15, -0.1) is 0 Å². The number of nitrogens with one attached hydrogen (secondary N) is 1. The second-order valence-electron chi connectivity index (χ2n) is 7.35. The number of hydrogen-bond donors (Lipinski definition) is 2. The Morgan fingerprint density at radius 1 is 1.31 bits per heavy atom. The van der Waals surface area contributed by atoms with Crippen LogP contribution >= 0.6 is 0 Å². The highest BCUT2D eigenvalue weighted by molar-refractivity contribution is 6.12. The van der Waals surface area contributed by atoms with Gasteiger partial charge in [0.15, 0.2) is 5.78 Å². The number of phenolic OH excluding ortho intramolecular Hbond substituents is 1. The molecule has 7 heteroatoms. The molecule has 3 atom stereocenters. The van der Waals surface area contributed by atoms with Gasteiger partial charge in [0.1, 0.15) is 11.7 Å². The molecule has 0 spiro atoms. The molecule has 0 amide bonds. The molecule has 0 fully saturated rings. The average molecular weight is 399 g/mol.